The minimum atomic E-state index is 0.199. The fraction of sp³-hybridized carbons (Fsp3) is 0.625. The summed E-state index contributed by atoms with van der Waals surface area (Å²) in [5.41, 5.74) is 8.42. The molecule has 112 valence electrons. The molecule has 1 unspecified atom stereocenters. The number of halogens is 1. The van der Waals surface area contributed by atoms with Crippen molar-refractivity contribution in [3.63, 3.8) is 0 Å². The van der Waals surface area contributed by atoms with Gasteiger partial charge in [0.15, 0.2) is 0 Å². The highest BCUT2D eigenvalue weighted by Crippen LogP contribution is 2.25. The lowest BCUT2D eigenvalue weighted by atomic mass is 10.0. The van der Waals surface area contributed by atoms with Crippen LogP contribution in [0.25, 0.3) is 0 Å². The zero-order chi connectivity index (χ0) is 14.5. The van der Waals surface area contributed by atoms with Crippen molar-refractivity contribution < 1.29 is 0 Å². The maximum Gasteiger partial charge on any atom is 0.0459 e. The van der Waals surface area contributed by atoms with Crippen LogP contribution >= 0.6 is 11.6 Å². The lowest BCUT2D eigenvalue weighted by Gasteiger charge is -2.23. The first-order valence-corrected chi connectivity index (χ1v) is 7.95. The lowest BCUT2D eigenvalue weighted by Crippen LogP contribution is -2.28. The van der Waals surface area contributed by atoms with E-state index in [9.17, 15) is 0 Å². The van der Waals surface area contributed by atoms with Crippen LogP contribution in [0, 0.1) is 0 Å². The van der Waals surface area contributed by atoms with Crippen molar-refractivity contribution in [3.8, 4) is 0 Å². The molecule has 3 nitrogen and oxygen atoms in total. The summed E-state index contributed by atoms with van der Waals surface area (Å²) in [5, 5.41) is 0.851. The molecule has 0 aliphatic carbocycles. The van der Waals surface area contributed by atoms with E-state index >= 15 is 0 Å². The Morgan fingerprint density at radius 3 is 2.75 bits per heavy atom. The van der Waals surface area contributed by atoms with Crippen LogP contribution in [-0.4, -0.2) is 44.2 Å². The second-order valence-electron chi connectivity index (χ2n) is 5.79. The van der Waals surface area contributed by atoms with Crippen LogP contribution < -0.4 is 10.6 Å². The first-order chi connectivity index (χ1) is 9.60. The molecule has 1 heterocycles. The molecule has 1 aromatic carbocycles. The summed E-state index contributed by atoms with van der Waals surface area (Å²) >= 11 is 6.43. The molecule has 1 aliphatic rings. The smallest absolute Gasteiger partial charge is 0.0459 e. The molecular weight excluding hydrogens is 270 g/mol. The quantitative estimate of drug-likeness (QED) is 0.927. The van der Waals surface area contributed by atoms with Crippen LogP contribution in [0.4, 0.5) is 5.69 Å². The highest BCUT2D eigenvalue weighted by molar-refractivity contribution is 6.31. The topological polar surface area (TPSA) is 32.5 Å². The van der Waals surface area contributed by atoms with Gasteiger partial charge in [-0.2, -0.15) is 0 Å². The average molecular weight is 296 g/mol. The third kappa shape index (κ3) is 4.11. The highest BCUT2D eigenvalue weighted by Gasteiger charge is 2.14. The van der Waals surface area contributed by atoms with Gasteiger partial charge in [-0.25, -0.2) is 0 Å². The van der Waals surface area contributed by atoms with Crippen LogP contribution in [0.1, 0.15) is 25.3 Å². The molecule has 0 radical (unpaired) electrons. The van der Waals surface area contributed by atoms with Crippen LogP contribution in [0.15, 0.2) is 18.2 Å². The third-order valence-electron chi connectivity index (χ3n) is 4.13. The summed E-state index contributed by atoms with van der Waals surface area (Å²) < 4.78 is 0. The summed E-state index contributed by atoms with van der Waals surface area (Å²) in [6, 6.07) is 6.63. The van der Waals surface area contributed by atoms with Gasteiger partial charge in [-0.1, -0.05) is 24.6 Å². The molecule has 0 saturated carbocycles. The van der Waals surface area contributed by atoms with E-state index in [2.05, 4.69) is 42.0 Å². The third-order valence-corrected chi connectivity index (χ3v) is 4.48. The number of anilines is 1. The zero-order valence-corrected chi connectivity index (χ0v) is 13.4. The molecule has 1 atom stereocenters. The predicted octanol–water partition coefficient (Wildman–Crippen LogP) is 2.76. The van der Waals surface area contributed by atoms with Gasteiger partial charge in [0.05, 0.1) is 0 Å². The summed E-state index contributed by atoms with van der Waals surface area (Å²) in [7, 11) is 2.19. The van der Waals surface area contributed by atoms with Crippen molar-refractivity contribution in [2.45, 2.75) is 32.2 Å². The van der Waals surface area contributed by atoms with Gasteiger partial charge in [-0.3, -0.25) is 0 Å². The van der Waals surface area contributed by atoms with Crippen molar-refractivity contribution in [1.82, 2.24) is 4.90 Å². The number of likely N-dealkylation sites (N-methyl/N-ethyl adjacent to an activating group) is 1. The van der Waals surface area contributed by atoms with E-state index < -0.39 is 0 Å². The van der Waals surface area contributed by atoms with E-state index in [1.165, 1.54) is 18.7 Å². The molecule has 2 rings (SSSR count). The number of nitrogens with two attached hydrogens (primary N) is 1. The summed E-state index contributed by atoms with van der Waals surface area (Å²) in [6.45, 7) is 6.57. The van der Waals surface area contributed by atoms with E-state index in [1.54, 1.807) is 0 Å². The van der Waals surface area contributed by atoms with Gasteiger partial charge < -0.3 is 15.5 Å². The molecule has 0 bridgehead atoms. The minimum absolute atomic E-state index is 0.199. The van der Waals surface area contributed by atoms with Crippen molar-refractivity contribution in [2.75, 3.05) is 38.1 Å². The summed E-state index contributed by atoms with van der Waals surface area (Å²) in [6.07, 6.45) is 3.05. The fourth-order valence-electron chi connectivity index (χ4n) is 2.63. The van der Waals surface area contributed by atoms with Crippen molar-refractivity contribution in [2.24, 2.45) is 5.73 Å². The Balaban J connectivity index is 2.08. The fourth-order valence-corrected chi connectivity index (χ4v) is 2.88. The van der Waals surface area contributed by atoms with Crippen LogP contribution in [0.2, 0.25) is 5.02 Å². The molecule has 0 spiro atoms. The normalized spacial score (nSPS) is 18.9. The van der Waals surface area contributed by atoms with Crippen LogP contribution in [0.3, 0.4) is 0 Å². The molecule has 20 heavy (non-hydrogen) atoms. The average Bonchev–Trinajstić information content (AvgIpc) is 2.65. The Morgan fingerprint density at radius 2 is 2.05 bits per heavy atom. The predicted molar refractivity (Wildman–Crippen MR) is 87.7 cm³/mol. The second-order valence-corrected chi connectivity index (χ2v) is 6.20. The molecule has 2 N–H and O–H groups in total. The van der Waals surface area contributed by atoms with Crippen LogP contribution in [-0.2, 0) is 6.42 Å². The Bertz CT molecular complexity index is 436. The van der Waals surface area contributed by atoms with Crippen molar-refractivity contribution in [1.29, 1.82) is 0 Å². The van der Waals surface area contributed by atoms with Crippen LogP contribution in [0.5, 0.6) is 0 Å². The Hall–Kier alpha value is -0.770. The minimum Gasteiger partial charge on any atom is -0.370 e. The number of rotatable bonds is 4. The Labute approximate surface area is 127 Å². The maximum atomic E-state index is 6.43. The summed E-state index contributed by atoms with van der Waals surface area (Å²) in [5.74, 6) is 0. The Morgan fingerprint density at radius 1 is 1.25 bits per heavy atom. The maximum absolute atomic E-state index is 6.43. The van der Waals surface area contributed by atoms with Gasteiger partial charge in [-0.15, -0.1) is 0 Å². The lowest BCUT2D eigenvalue weighted by molar-refractivity contribution is 0.360. The molecule has 1 fully saturated rings. The highest BCUT2D eigenvalue weighted by atomic mass is 35.5. The largest absolute Gasteiger partial charge is 0.370 e. The molecule has 1 aromatic rings. The van der Waals surface area contributed by atoms with E-state index in [0.717, 1.165) is 43.1 Å². The van der Waals surface area contributed by atoms with Gasteiger partial charge in [0, 0.05) is 36.4 Å². The van der Waals surface area contributed by atoms with E-state index in [4.69, 9.17) is 17.3 Å². The Kier molecular flexibility index (Phi) is 5.70. The summed E-state index contributed by atoms with van der Waals surface area (Å²) in [4.78, 5) is 4.81. The molecule has 1 aliphatic heterocycles. The number of nitrogens with zero attached hydrogens (tertiary/aromatic N) is 2. The molecule has 4 heteroatoms. The van der Waals surface area contributed by atoms with Crippen molar-refractivity contribution in [3.05, 3.63) is 28.8 Å². The monoisotopic (exact) mass is 295 g/mol. The van der Waals surface area contributed by atoms with Gasteiger partial charge >= 0.3 is 0 Å². The second kappa shape index (κ2) is 7.30. The molecular formula is C16H26ClN3. The molecule has 1 saturated heterocycles. The number of benzene rings is 1. The number of hydrogen-bond donors (Lipinski definition) is 1. The molecule has 0 aromatic heterocycles. The SMILES string of the molecule is CCC(N)Cc1ccc(N2CCCN(C)CC2)cc1Cl. The van der Waals surface area contributed by atoms with Gasteiger partial charge in [0.2, 0.25) is 0 Å². The zero-order valence-electron chi connectivity index (χ0n) is 12.6. The van der Waals surface area contributed by atoms with E-state index in [1.807, 2.05) is 0 Å². The van der Waals surface area contributed by atoms with Gasteiger partial charge in [0.25, 0.3) is 0 Å². The van der Waals surface area contributed by atoms with Crippen molar-refractivity contribution >= 4 is 17.3 Å². The standard InChI is InChI=1S/C16H26ClN3/c1-3-14(18)11-13-5-6-15(12-16(13)17)20-8-4-7-19(2)9-10-20/h5-6,12,14H,3-4,7-11,18H2,1-2H3. The van der Waals surface area contributed by atoms with Gasteiger partial charge in [-0.05, 0) is 50.6 Å². The van der Waals surface area contributed by atoms with E-state index in [-0.39, 0.29) is 6.04 Å². The van der Waals surface area contributed by atoms with Gasteiger partial charge in [0.1, 0.15) is 0 Å². The first kappa shape index (κ1) is 15.6. The first-order valence-electron chi connectivity index (χ1n) is 7.57. The number of hydrogen-bond acceptors (Lipinski definition) is 3. The molecule has 0 amide bonds. The van der Waals surface area contributed by atoms with E-state index in [0.29, 0.717) is 0 Å².